The molecule has 18 heavy (non-hydrogen) atoms. The average Bonchev–Trinajstić information content (AvgIpc) is 2.77. The van der Waals surface area contributed by atoms with Crippen LogP contribution in [0.25, 0.3) is 10.9 Å². The van der Waals surface area contributed by atoms with Crippen LogP contribution in [0.5, 0.6) is 0 Å². The van der Waals surface area contributed by atoms with Crippen LogP contribution in [0.2, 0.25) is 0 Å². The van der Waals surface area contributed by atoms with Crippen molar-refractivity contribution in [1.29, 1.82) is 0 Å². The number of rotatable bonds is 3. The molecule has 3 heteroatoms. The van der Waals surface area contributed by atoms with Gasteiger partial charge in [-0.3, -0.25) is 0 Å². The Kier molecular flexibility index (Phi) is 3.44. The first-order chi connectivity index (χ1) is 8.81. The molecule has 3 rings (SSSR count). The van der Waals surface area contributed by atoms with Crippen LogP contribution < -0.4 is 5.32 Å². The number of hydrogen-bond acceptors (Lipinski definition) is 1. The van der Waals surface area contributed by atoms with E-state index in [0.29, 0.717) is 6.04 Å². The van der Waals surface area contributed by atoms with Gasteiger partial charge in [0.1, 0.15) is 0 Å². The Labute approximate surface area is 116 Å². The maximum atomic E-state index is 3.66. The molecule has 1 atom stereocenters. The van der Waals surface area contributed by atoms with Gasteiger partial charge in [0.15, 0.2) is 0 Å². The first-order valence-corrected chi connectivity index (χ1v) is 7.63. The van der Waals surface area contributed by atoms with Gasteiger partial charge in [-0.15, -0.1) is 0 Å². The van der Waals surface area contributed by atoms with Gasteiger partial charge in [-0.25, -0.2) is 0 Å². The van der Waals surface area contributed by atoms with Crippen molar-refractivity contribution < 1.29 is 0 Å². The minimum Gasteiger partial charge on any atom is -0.356 e. The number of halogens is 1. The molecule has 0 bridgehead atoms. The quantitative estimate of drug-likeness (QED) is 0.869. The lowest BCUT2D eigenvalue weighted by molar-refractivity contribution is 0.454. The fourth-order valence-corrected chi connectivity index (χ4v) is 3.44. The highest BCUT2D eigenvalue weighted by atomic mass is 79.9. The highest BCUT2D eigenvalue weighted by Gasteiger charge is 2.23. The Balaban J connectivity index is 2.07. The highest BCUT2D eigenvalue weighted by molar-refractivity contribution is 9.10. The second-order valence-corrected chi connectivity index (χ2v) is 5.93. The summed E-state index contributed by atoms with van der Waals surface area (Å²) in [6, 6.07) is 6.98. The monoisotopic (exact) mass is 306 g/mol. The second kappa shape index (κ2) is 5.06. The van der Waals surface area contributed by atoms with Crippen LogP contribution in [0, 0.1) is 0 Å². The van der Waals surface area contributed by atoms with Crippen LogP contribution in [0.15, 0.2) is 22.7 Å². The zero-order valence-electron chi connectivity index (χ0n) is 10.7. The van der Waals surface area contributed by atoms with E-state index in [1.165, 1.54) is 52.3 Å². The Hall–Kier alpha value is -0.800. The number of fused-ring (bicyclic) bond motifs is 3. The van der Waals surface area contributed by atoms with Crippen LogP contribution in [-0.2, 0) is 6.42 Å². The molecule has 0 saturated carbocycles. The number of hydrogen-bond donors (Lipinski definition) is 2. The predicted molar refractivity (Wildman–Crippen MR) is 80.0 cm³/mol. The van der Waals surface area contributed by atoms with Crippen molar-refractivity contribution in [2.24, 2.45) is 0 Å². The fraction of sp³-hybridized carbons (Fsp3) is 0.467. The third-order valence-electron chi connectivity index (χ3n) is 3.83. The van der Waals surface area contributed by atoms with Crippen molar-refractivity contribution >= 4 is 26.8 Å². The Bertz CT molecular complexity index is 559. The van der Waals surface area contributed by atoms with Crippen molar-refractivity contribution in [2.75, 3.05) is 6.54 Å². The summed E-state index contributed by atoms with van der Waals surface area (Å²) >= 11 is 3.64. The van der Waals surface area contributed by atoms with E-state index in [1.807, 2.05) is 0 Å². The molecule has 0 saturated heterocycles. The molecule has 96 valence electrons. The molecule has 0 aliphatic heterocycles. The Morgan fingerprint density at radius 3 is 3.17 bits per heavy atom. The Morgan fingerprint density at radius 1 is 1.44 bits per heavy atom. The summed E-state index contributed by atoms with van der Waals surface area (Å²) in [6.45, 7) is 3.32. The SMILES string of the molecule is CCCNC1CCCc2c1[nH]c1c(Br)cccc21. The van der Waals surface area contributed by atoms with E-state index in [2.05, 4.69) is 51.4 Å². The molecular formula is C15H19BrN2. The number of aromatic amines is 1. The lowest BCUT2D eigenvalue weighted by Crippen LogP contribution is -2.25. The van der Waals surface area contributed by atoms with Crippen molar-refractivity contribution in [3.05, 3.63) is 33.9 Å². The summed E-state index contributed by atoms with van der Waals surface area (Å²) in [7, 11) is 0. The molecule has 1 aliphatic rings. The van der Waals surface area contributed by atoms with Gasteiger partial charge >= 0.3 is 0 Å². The summed E-state index contributed by atoms with van der Waals surface area (Å²) in [5, 5.41) is 5.05. The predicted octanol–water partition coefficient (Wildman–Crippen LogP) is 4.31. The molecule has 1 heterocycles. The molecule has 0 spiro atoms. The van der Waals surface area contributed by atoms with E-state index in [-0.39, 0.29) is 0 Å². The van der Waals surface area contributed by atoms with Crippen LogP contribution in [0.3, 0.4) is 0 Å². The average molecular weight is 307 g/mol. The molecule has 1 aliphatic carbocycles. The van der Waals surface area contributed by atoms with Gasteiger partial charge in [0.25, 0.3) is 0 Å². The van der Waals surface area contributed by atoms with Gasteiger partial charge in [-0.2, -0.15) is 0 Å². The largest absolute Gasteiger partial charge is 0.356 e. The van der Waals surface area contributed by atoms with Gasteiger partial charge in [-0.05, 0) is 59.8 Å². The van der Waals surface area contributed by atoms with Gasteiger partial charge in [0.2, 0.25) is 0 Å². The molecule has 2 N–H and O–H groups in total. The van der Waals surface area contributed by atoms with Crippen molar-refractivity contribution in [1.82, 2.24) is 10.3 Å². The molecule has 1 aromatic heterocycles. The summed E-state index contributed by atoms with van der Waals surface area (Å²) in [4.78, 5) is 3.63. The smallest absolute Gasteiger partial charge is 0.0603 e. The van der Waals surface area contributed by atoms with E-state index in [4.69, 9.17) is 0 Å². The van der Waals surface area contributed by atoms with E-state index in [9.17, 15) is 0 Å². The lowest BCUT2D eigenvalue weighted by atomic mass is 9.91. The first kappa shape index (κ1) is 12.2. The third kappa shape index (κ3) is 1.99. The maximum Gasteiger partial charge on any atom is 0.0603 e. The molecule has 2 nitrogen and oxygen atoms in total. The third-order valence-corrected chi connectivity index (χ3v) is 4.49. The first-order valence-electron chi connectivity index (χ1n) is 6.83. The number of benzene rings is 1. The minimum absolute atomic E-state index is 0.507. The van der Waals surface area contributed by atoms with E-state index in [0.717, 1.165) is 6.54 Å². The minimum atomic E-state index is 0.507. The zero-order chi connectivity index (χ0) is 12.5. The van der Waals surface area contributed by atoms with Crippen molar-refractivity contribution in [2.45, 2.75) is 38.6 Å². The summed E-state index contributed by atoms with van der Waals surface area (Å²) < 4.78 is 1.17. The summed E-state index contributed by atoms with van der Waals surface area (Å²) in [6.07, 6.45) is 4.93. The van der Waals surface area contributed by atoms with Gasteiger partial charge in [0.05, 0.1) is 5.52 Å². The van der Waals surface area contributed by atoms with Crippen LogP contribution >= 0.6 is 15.9 Å². The molecule has 0 amide bonds. The molecule has 0 radical (unpaired) electrons. The van der Waals surface area contributed by atoms with Gasteiger partial charge in [-0.1, -0.05) is 19.1 Å². The molecule has 0 fully saturated rings. The Morgan fingerprint density at radius 2 is 2.33 bits per heavy atom. The van der Waals surface area contributed by atoms with Crippen LogP contribution in [0.1, 0.15) is 43.5 Å². The van der Waals surface area contributed by atoms with Gasteiger partial charge < -0.3 is 10.3 Å². The van der Waals surface area contributed by atoms with E-state index < -0.39 is 0 Å². The number of para-hydroxylation sites is 1. The molecular weight excluding hydrogens is 288 g/mol. The van der Waals surface area contributed by atoms with E-state index >= 15 is 0 Å². The molecule has 1 unspecified atom stereocenters. The van der Waals surface area contributed by atoms with Crippen molar-refractivity contribution in [3.63, 3.8) is 0 Å². The summed E-state index contributed by atoms with van der Waals surface area (Å²) in [5.74, 6) is 0. The lowest BCUT2D eigenvalue weighted by Gasteiger charge is -2.23. The second-order valence-electron chi connectivity index (χ2n) is 5.08. The topological polar surface area (TPSA) is 27.8 Å². The van der Waals surface area contributed by atoms with Gasteiger partial charge in [0, 0.05) is 21.6 Å². The fourth-order valence-electron chi connectivity index (χ4n) is 2.97. The summed E-state index contributed by atoms with van der Waals surface area (Å²) in [5.41, 5.74) is 4.19. The van der Waals surface area contributed by atoms with Crippen LogP contribution in [0.4, 0.5) is 0 Å². The highest BCUT2D eigenvalue weighted by Crippen LogP contribution is 2.36. The van der Waals surface area contributed by atoms with Crippen molar-refractivity contribution in [3.8, 4) is 0 Å². The number of aryl methyl sites for hydroxylation is 1. The van der Waals surface area contributed by atoms with E-state index in [1.54, 1.807) is 0 Å². The standard InChI is InChI=1S/C15H19BrN2/c1-2-9-17-13-8-4-6-11-10-5-3-7-12(16)14(10)18-15(11)13/h3,5,7,13,17-18H,2,4,6,8-9H2,1H3. The number of nitrogens with one attached hydrogen (secondary N) is 2. The van der Waals surface area contributed by atoms with Crippen LogP contribution in [-0.4, -0.2) is 11.5 Å². The number of aromatic nitrogens is 1. The maximum absolute atomic E-state index is 3.66. The zero-order valence-corrected chi connectivity index (χ0v) is 12.3. The molecule has 1 aromatic carbocycles. The molecule has 2 aromatic rings. The normalized spacial score (nSPS) is 19.1. The number of H-pyrrole nitrogens is 1.